The van der Waals surface area contributed by atoms with Crippen LogP contribution in [0, 0.1) is 6.92 Å². The molecule has 0 aliphatic carbocycles. The van der Waals surface area contributed by atoms with Crippen LogP contribution in [0.1, 0.15) is 60.0 Å². The van der Waals surface area contributed by atoms with Gasteiger partial charge in [-0.15, -0.1) is 11.8 Å². The standard InChI is InChI=1S/C22H29N3O2S/c1-15(2)20-23-16(3)19(21(24-20)28-4)22(26)25-12-10-18(11-13-25)27-14-17-8-6-5-7-9-17/h5-9,15,18H,10-14H2,1-4H3. The van der Waals surface area contributed by atoms with E-state index in [2.05, 4.69) is 35.9 Å². The molecule has 1 saturated heterocycles. The Labute approximate surface area is 171 Å². The van der Waals surface area contributed by atoms with Gasteiger partial charge in [0.15, 0.2) is 0 Å². The van der Waals surface area contributed by atoms with Gasteiger partial charge in [0.05, 0.1) is 24.0 Å². The summed E-state index contributed by atoms with van der Waals surface area (Å²) in [7, 11) is 0. The fourth-order valence-electron chi connectivity index (χ4n) is 3.39. The number of hydrogen-bond donors (Lipinski definition) is 0. The minimum absolute atomic E-state index is 0.0404. The number of aromatic nitrogens is 2. The lowest BCUT2D eigenvalue weighted by atomic mass is 10.1. The number of nitrogens with zero attached hydrogens (tertiary/aromatic N) is 3. The molecule has 1 aliphatic heterocycles. The third kappa shape index (κ3) is 4.92. The fraction of sp³-hybridized carbons (Fsp3) is 0.500. The molecule has 0 saturated carbocycles. The summed E-state index contributed by atoms with van der Waals surface area (Å²) in [6.07, 6.45) is 3.88. The molecule has 0 N–H and O–H groups in total. The highest BCUT2D eigenvalue weighted by atomic mass is 32.2. The molecule has 1 aromatic carbocycles. The normalized spacial score (nSPS) is 15.2. The topological polar surface area (TPSA) is 55.3 Å². The van der Waals surface area contributed by atoms with E-state index < -0.39 is 0 Å². The summed E-state index contributed by atoms with van der Waals surface area (Å²) in [6, 6.07) is 10.2. The first kappa shape index (κ1) is 20.8. The quantitative estimate of drug-likeness (QED) is 0.530. The van der Waals surface area contributed by atoms with Crippen LogP contribution in [0.3, 0.4) is 0 Å². The van der Waals surface area contributed by atoms with E-state index >= 15 is 0 Å². The largest absolute Gasteiger partial charge is 0.373 e. The minimum atomic E-state index is 0.0404. The molecule has 0 radical (unpaired) electrons. The highest BCUT2D eigenvalue weighted by Crippen LogP contribution is 2.26. The Morgan fingerprint density at radius 2 is 1.89 bits per heavy atom. The van der Waals surface area contributed by atoms with Crippen LogP contribution in [0.25, 0.3) is 0 Å². The fourth-order valence-corrected chi connectivity index (χ4v) is 4.02. The van der Waals surface area contributed by atoms with Gasteiger partial charge in [-0.05, 0) is 31.6 Å². The number of ether oxygens (including phenoxy) is 1. The summed E-state index contributed by atoms with van der Waals surface area (Å²) in [4.78, 5) is 24.3. The van der Waals surface area contributed by atoms with E-state index in [1.807, 2.05) is 36.3 Å². The van der Waals surface area contributed by atoms with Gasteiger partial charge in [-0.3, -0.25) is 4.79 Å². The van der Waals surface area contributed by atoms with Crippen molar-refractivity contribution in [3.63, 3.8) is 0 Å². The van der Waals surface area contributed by atoms with Gasteiger partial charge in [0.2, 0.25) is 0 Å². The van der Waals surface area contributed by atoms with Crippen molar-refractivity contribution >= 4 is 17.7 Å². The first-order chi connectivity index (χ1) is 13.5. The number of aryl methyl sites for hydroxylation is 1. The monoisotopic (exact) mass is 399 g/mol. The molecule has 0 spiro atoms. The zero-order chi connectivity index (χ0) is 20.1. The van der Waals surface area contributed by atoms with Gasteiger partial charge >= 0.3 is 0 Å². The second-order valence-electron chi connectivity index (χ2n) is 7.49. The summed E-state index contributed by atoms with van der Waals surface area (Å²) in [5, 5.41) is 0.781. The number of piperidine rings is 1. The van der Waals surface area contributed by atoms with Gasteiger partial charge in [-0.1, -0.05) is 44.2 Å². The summed E-state index contributed by atoms with van der Waals surface area (Å²) in [6.45, 7) is 8.09. The molecule has 0 unspecified atom stereocenters. The van der Waals surface area contributed by atoms with Crippen molar-refractivity contribution in [2.24, 2.45) is 0 Å². The maximum Gasteiger partial charge on any atom is 0.258 e. The van der Waals surface area contributed by atoms with Crippen LogP contribution in [-0.2, 0) is 11.3 Å². The molecule has 28 heavy (non-hydrogen) atoms. The van der Waals surface area contributed by atoms with Crippen LogP contribution in [0.2, 0.25) is 0 Å². The lowest BCUT2D eigenvalue weighted by Gasteiger charge is -2.32. The maximum atomic E-state index is 13.2. The van der Waals surface area contributed by atoms with E-state index in [0.29, 0.717) is 25.3 Å². The zero-order valence-corrected chi connectivity index (χ0v) is 18.0. The van der Waals surface area contributed by atoms with Crippen LogP contribution >= 0.6 is 11.8 Å². The van der Waals surface area contributed by atoms with Crippen LogP contribution < -0.4 is 0 Å². The average Bonchev–Trinajstić information content (AvgIpc) is 2.72. The number of likely N-dealkylation sites (tertiary alicyclic amines) is 1. The van der Waals surface area contributed by atoms with Crippen molar-refractivity contribution in [2.45, 2.75) is 57.3 Å². The lowest BCUT2D eigenvalue weighted by Crippen LogP contribution is -2.41. The van der Waals surface area contributed by atoms with E-state index in [1.54, 1.807) is 0 Å². The van der Waals surface area contributed by atoms with Gasteiger partial charge in [0.1, 0.15) is 10.9 Å². The van der Waals surface area contributed by atoms with E-state index in [9.17, 15) is 4.79 Å². The van der Waals surface area contributed by atoms with Gasteiger partial charge in [-0.2, -0.15) is 0 Å². The van der Waals surface area contributed by atoms with Crippen LogP contribution in [0.5, 0.6) is 0 Å². The molecule has 1 aromatic heterocycles. The molecule has 5 nitrogen and oxygen atoms in total. The highest BCUT2D eigenvalue weighted by molar-refractivity contribution is 7.98. The molecule has 1 fully saturated rings. The Hall–Kier alpha value is -1.92. The third-order valence-corrected chi connectivity index (χ3v) is 5.74. The predicted molar refractivity (Wildman–Crippen MR) is 113 cm³/mol. The second kappa shape index (κ2) is 9.52. The number of benzene rings is 1. The summed E-state index contributed by atoms with van der Waals surface area (Å²) in [5.74, 6) is 1.08. The molecule has 6 heteroatoms. The maximum absolute atomic E-state index is 13.2. The van der Waals surface area contributed by atoms with E-state index in [4.69, 9.17) is 4.74 Å². The van der Waals surface area contributed by atoms with Crippen LogP contribution in [0.4, 0.5) is 0 Å². The molecular weight excluding hydrogens is 370 g/mol. The van der Waals surface area contributed by atoms with Crippen LogP contribution in [-0.4, -0.2) is 46.2 Å². The van der Waals surface area contributed by atoms with Gasteiger partial charge < -0.3 is 9.64 Å². The Balaban J connectivity index is 1.62. The van der Waals surface area contributed by atoms with Crippen LogP contribution in [0.15, 0.2) is 35.4 Å². The van der Waals surface area contributed by atoms with E-state index in [-0.39, 0.29) is 17.9 Å². The summed E-state index contributed by atoms with van der Waals surface area (Å²) < 4.78 is 6.05. The second-order valence-corrected chi connectivity index (χ2v) is 8.29. The van der Waals surface area contributed by atoms with Crippen molar-refractivity contribution < 1.29 is 9.53 Å². The van der Waals surface area contributed by atoms with E-state index in [1.165, 1.54) is 17.3 Å². The van der Waals surface area contributed by atoms with Gasteiger partial charge in [0.25, 0.3) is 5.91 Å². The Kier molecular flexibility index (Phi) is 7.08. The number of thioether (sulfide) groups is 1. The number of carbonyl (C=O) groups excluding carboxylic acids is 1. The predicted octanol–water partition coefficient (Wildman–Crippen LogP) is 4.45. The molecule has 0 atom stereocenters. The van der Waals surface area contributed by atoms with E-state index in [0.717, 1.165) is 29.4 Å². The van der Waals surface area contributed by atoms with Gasteiger partial charge in [-0.25, -0.2) is 9.97 Å². The summed E-state index contributed by atoms with van der Waals surface area (Å²) in [5.41, 5.74) is 2.61. The van der Waals surface area contributed by atoms with Crippen molar-refractivity contribution in [1.82, 2.24) is 14.9 Å². The first-order valence-electron chi connectivity index (χ1n) is 9.87. The Morgan fingerprint density at radius 1 is 1.21 bits per heavy atom. The Morgan fingerprint density at radius 3 is 2.50 bits per heavy atom. The molecule has 150 valence electrons. The Bertz CT molecular complexity index is 803. The third-order valence-electron chi connectivity index (χ3n) is 5.06. The number of rotatable bonds is 6. The molecule has 1 amide bonds. The molecule has 3 rings (SSSR count). The smallest absolute Gasteiger partial charge is 0.258 e. The zero-order valence-electron chi connectivity index (χ0n) is 17.1. The average molecular weight is 400 g/mol. The van der Waals surface area contributed by atoms with Crippen molar-refractivity contribution in [1.29, 1.82) is 0 Å². The number of hydrogen-bond acceptors (Lipinski definition) is 5. The van der Waals surface area contributed by atoms with Gasteiger partial charge in [0, 0.05) is 19.0 Å². The highest BCUT2D eigenvalue weighted by Gasteiger charge is 2.28. The molecule has 2 aromatic rings. The van der Waals surface area contributed by atoms with Crippen molar-refractivity contribution in [3.8, 4) is 0 Å². The minimum Gasteiger partial charge on any atom is -0.373 e. The molecule has 2 heterocycles. The van der Waals surface area contributed by atoms with Crippen molar-refractivity contribution in [2.75, 3.05) is 19.3 Å². The number of carbonyl (C=O) groups is 1. The summed E-state index contributed by atoms with van der Waals surface area (Å²) >= 11 is 1.52. The SMILES string of the molecule is CSc1nc(C(C)C)nc(C)c1C(=O)N1CCC(OCc2ccccc2)CC1. The van der Waals surface area contributed by atoms with Crippen molar-refractivity contribution in [3.05, 3.63) is 53.0 Å². The number of amides is 1. The lowest BCUT2D eigenvalue weighted by molar-refractivity contribution is -0.000502. The molecule has 1 aliphatic rings. The molecule has 0 bridgehead atoms. The first-order valence-corrected chi connectivity index (χ1v) is 11.1. The molecular formula is C22H29N3O2S.